The third kappa shape index (κ3) is 23.4. The maximum atomic E-state index is 13.5. The molecule has 592 valence electrons. The third-order valence-corrected chi connectivity index (χ3v) is 22.4. The fraction of sp³-hybridized carbons (Fsp3) is 0.365. The molecule has 2 amide bonds. The molecule has 13 rings (SSSR count). The molecular formula is C85H90Cl6N12O10. The Balaban J connectivity index is 0.000000174. The SMILES string of the molecule is CC(C)(C)OC(=O)N1CCC(NC(=O)c2cccc(-c3cnc(N)c(CCc4c(Cl)cccc4Cl)n3)c2)CC1C(=O)OC1CCCC1.Nc1ncc(-c2cccc(C(=O)CC3CCNC(C(=O)OC4CCCC4)C3)c2)nc1CCc1c(Cl)cccc1Cl.Nc1ncc(-c2cccc(C(=O)O)c2)nc1CCc1c(Cl)cccc1Cl. The van der Waals surface area contributed by atoms with Gasteiger partial charge in [-0.15, -0.1) is 0 Å². The number of hydrogen-bond donors (Lipinski definition) is 6. The predicted octanol–water partition coefficient (Wildman–Crippen LogP) is 17.6. The molecule has 0 bridgehead atoms. The molecule has 4 aliphatic rings. The second-order valence-corrected chi connectivity index (χ2v) is 31.9. The summed E-state index contributed by atoms with van der Waals surface area (Å²) in [5.41, 5.74) is 27.0. The number of aromatic nitrogens is 6. The summed E-state index contributed by atoms with van der Waals surface area (Å²) >= 11 is 37.8. The molecule has 2 aliphatic carbocycles. The average Bonchev–Trinajstić information content (AvgIpc) is 1.39. The van der Waals surface area contributed by atoms with E-state index in [2.05, 4.69) is 30.6 Å². The molecule has 2 saturated carbocycles. The lowest BCUT2D eigenvalue weighted by Gasteiger charge is -2.39. The second-order valence-electron chi connectivity index (χ2n) is 29.5. The topological polar surface area (TPSA) is 333 Å². The molecule has 2 saturated heterocycles. The quantitative estimate of drug-likeness (QED) is 0.0208. The number of carboxylic acid groups (broad SMARTS) is 1. The molecule has 9 N–H and O–H groups in total. The normalized spacial score (nSPS) is 17.1. The number of benzene rings is 6. The highest BCUT2D eigenvalue weighted by atomic mass is 35.5. The molecule has 2 aliphatic heterocycles. The lowest BCUT2D eigenvalue weighted by molar-refractivity contribution is -0.156. The molecule has 0 radical (unpaired) electrons. The van der Waals surface area contributed by atoms with Gasteiger partial charge >= 0.3 is 24.0 Å². The number of likely N-dealkylation sites (tertiary alicyclic amines) is 1. The highest BCUT2D eigenvalue weighted by molar-refractivity contribution is 6.37. The van der Waals surface area contributed by atoms with E-state index in [1.807, 2.05) is 48.5 Å². The first-order valence-electron chi connectivity index (χ1n) is 37.9. The van der Waals surface area contributed by atoms with Gasteiger partial charge in [0.15, 0.2) is 5.78 Å². The smallest absolute Gasteiger partial charge is 0.411 e. The molecule has 4 fully saturated rings. The van der Waals surface area contributed by atoms with E-state index in [1.54, 1.807) is 106 Å². The Morgan fingerprint density at radius 3 is 1.35 bits per heavy atom. The van der Waals surface area contributed by atoms with Crippen molar-refractivity contribution in [3.05, 3.63) is 227 Å². The minimum atomic E-state index is -0.996. The van der Waals surface area contributed by atoms with E-state index in [9.17, 15) is 28.8 Å². The fourth-order valence-corrected chi connectivity index (χ4v) is 15.9. The highest BCUT2D eigenvalue weighted by Crippen LogP contribution is 2.34. The van der Waals surface area contributed by atoms with Gasteiger partial charge in [-0.05, 0) is 232 Å². The van der Waals surface area contributed by atoms with E-state index >= 15 is 0 Å². The number of carbonyl (C=O) groups is 6. The van der Waals surface area contributed by atoms with Crippen molar-refractivity contribution in [2.24, 2.45) is 5.92 Å². The van der Waals surface area contributed by atoms with Crippen molar-refractivity contribution in [3.8, 4) is 33.8 Å². The molecule has 4 unspecified atom stereocenters. The summed E-state index contributed by atoms with van der Waals surface area (Å²) in [6, 6.07) is 35.6. The van der Waals surface area contributed by atoms with Crippen LogP contribution in [-0.2, 0) is 62.3 Å². The van der Waals surface area contributed by atoms with Gasteiger partial charge in [-0.3, -0.25) is 19.3 Å². The molecule has 3 aromatic heterocycles. The van der Waals surface area contributed by atoms with Crippen molar-refractivity contribution in [1.29, 1.82) is 0 Å². The number of nitrogens with one attached hydrogen (secondary N) is 2. The Hall–Kier alpha value is -9.52. The van der Waals surface area contributed by atoms with Crippen LogP contribution in [0.15, 0.2) is 146 Å². The van der Waals surface area contributed by atoms with Gasteiger partial charge in [0.2, 0.25) is 0 Å². The van der Waals surface area contributed by atoms with Gasteiger partial charge in [0.05, 0.1) is 58.3 Å². The van der Waals surface area contributed by atoms with E-state index in [4.69, 9.17) is 116 Å². The van der Waals surface area contributed by atoms with Crippen molar-refractivity contribution >= 4 is 123 Å². The van der Waals surface area contributed by atoms with Crippen LogP contribution in [-0.4, -0.2) is 125 Å². The fourth-order valence-electron chi connectivity index (χ4n) is 14.2. The standard InChI is InChI=1S/C35H41Cl2N5O5.C31H34Cl2N4O3.C19H15Cl2N3O2/c1-35(2,3)47-34(45)42-17-16-23(19-30(42)33(44)46-24-10-4-5-11-24)40-32(43)22-9-6-8-21(18-22)29-20-39-31(38)28(41-29)15-14-25-26(36)12-7-13-27(25)37;32-24-9-4-10-25(33)23(24)11-12-26-30(34)36-18-28(37-26)20-5-3-6-21(17-20)29(38)16-19-13-14-35-27(15-19)31(39)40-22-7-1-2-8-22;20-14-5-2-6-15(21)13(14)7-8-16-18(22)23-10-17(24-16)11-3-1-4-12(9-11)19(25)26/h6-9,12-13,18,20,23-24,30H,4-5,10-11,14-17,19H2,1-3H3,(H2,38,39)(H,40,43);3-6,9-10,17-19,22,27,35H,1-2,7-8,11-16H2,(H2,34,36);1-6,9-10H,7-8H2,(H2,22,23)(H,25,26). The number of halogens is 6. The number of esters is 2. The summed E-state index contributed by atoms with van der Waals surface area (Å²) in [5.74, 6) is -0.779. The number of rotatable bonds is 22. The first-order chi connectivity index (χ1) is 54.2. The summed E-state index contributed by atoms with van der Waals surface area (Å²) in [4.78, 5) is 105. The van der Waals surface area contributed by atoms with Gasteiger partial charge in [-0.25, -0.2) is 44.3 Å². The zero-order chi connectivity index (χ0) is 80.5. The summed E-state index contributed by atoms with van der Waals surface area (Å²) in [6.07, 6.45) is 17.6. The predicted molar refractivity (Wildman–Crippen MR) is 442 cm³/mol. The monoisotopic (exact) mass is 1650 g/mol. The number of nitrogens with two attached hydrogens (primary N) is 3. The molecule has 4 atom stereocenters. The molecule has 28 heteroatoms. The van der Waals surface area contributed by atoms with Crippen molar-refractivity contribution in [1.82, 2.24) is 45.4 Å². The van der Waals surface area contributed by atoms with Gasteiger partial charge in [-0.1, -0.05) is 130 Å². The van der Waals surface area contributed by atoms with Gasteiger partial charge in [0.25, 0.3) is 5.91 Å². The molecule has 22 nitrogen and oxygen atoms in total. The van der Waals surface area contributed by atoms with Crippen LogP contribution in [0.4, 0.5) is 22.2 Å². The van der Waals surface area contributed by atoms with Crippen LogP contribution >= 0.6 is 69.6 Å². The third-order valence-electron chi connectivity index (χ3n) is 20.2. The highest BCUT2D eigenvalue weighted by Gasteiger charge is 2.41. The van der Waals surface area contributed by atoms with Crippen molar-refractivity contribution in [3.63, 3.8) is 0 Å². The Labute approximate surface area is 687 Å². The molecule has 6 aromatic carbocycles. The van der Waals surface area contributed by atoms with Gasteiger partial charge in [0, 0.05) is 77.0 Å². The largest absolute Gasteiger partial charge is 0.478 e. The summed E-state index contributed by atoms with van der Waals surface area (Å²) < 4.78 is 17.1. The van der Waals surface area contributed by atoms with E-state index in [-0.39, 0.29) is 66.4 Å². The van der Waals surface area contributed by atoms with Crippen LogP contribution < -0.4 is 27.8 Å². The summed E-state index contributed by atoms with van der Waals surface area (Å²) in [6.45, 7) is 6.29. The van der Waals surface area contributed by atoms with Gasteiger partial charge < -0.3 is 47.2 Å². The van der Waals surface area contributed by atoms with Crippen LogP contribution in [0.2, 0.25) is 30.1 Å². The molecule has 5 heterocycles. The number of nitrogens with zero attached hydrogens (tertiary/aromatic N) is 7. The number of anilines is 3. The Bertz CT molecular complexity index is 4860. The Morgan fingerprint density at radius 2 is 0.912 bits per heavy atom. The van der Waals surface area contributed by atoms with Crippen molar-refractivity contribution in [2.75, 3.05) is 30.3 Å². The lowest BCUT2D eigenvalue weighted by atomic mass is 9.86. The Kier molecular flexibility index (Phi) is 29.5. The number of carboxylic acids is 1. The van der Waals surface area contributed by atoms with Gasteiger partial charge in [-0.2, -0.15) is 0 Å². The minimum Gasteiger partial charge on any atom is -0.478 e. The number of piperidine rings is 2. The number of amides is 2. The number of hydrogen-bond acceptors (Lipinski definition) is 19. The van der Waals surface area contributed by atoms with Crippen LogP contribution in [0.25, 0.3) is 33.8 Å². The van der Waals surface area contributed by atoms with E-state index in [0.29, 0.717) is 168 Å². The van der Waals surface area contributed by atoms with Crippen molar-refractivity contribution in [2.45, 2.75) is 179 Å². The van der Waals surface area contributed by atoms with E-state index < -0.39 is 29.7 Å². The number of ether oxygens (including phenoxy) is 3. The average molecular weight is 1650 g/mol. The molecule has 113 heavy (non-hydrogen) atoms. The lowest BCUT2D eigenvalue weighted by Crippen LogP contribution is -2.56. The zero-order valence-electron chi connectivity index (χ0n) is 62.9. The summed E-state index contributed by atoms with van der Waals surface area (Å²) in [5, 5.41) is 19.0. The first kappa shape index (κ1) is 84.4. The van der Waals surface area contributed by atoms with Crippen molar-refractivity contribution < 1.29 is 48.1 Å². The maximum absolute atomic E-state index is 13.5. The van der Waals surface area contributed by atoms with E-state index in [1.165, 1.54) is 17.2 Å². The number of ketones is 1. The van der Waals surface area contributed by atoms with Crippen LogP contribution in [0.5, 0.6) is 0 Å². The van der Waals surface area contributed by atoms with Gasteiger partial charge in [0.1, 0.15) is 47.3 Å². The first-order valence-corrected chi connectivity index (χ1v) is 40.1. The molecular weight excluding hydrogens is 1560 g/mol. The minimum absolute atomic E-state index is 0.0462. The van der Waals surface area contributed by atoms with Crippen LogP contribution in [0.3, 0.4) is 0 Å². The molecule has 0 spiro atoms. The zero-order valence-corrected chi connectivity index (χ0v) is 67.5. The number of aromatic carboxylic acids is 1. The van der Waals surface area contributed by atoms with Crippen LogP contribution in [0, 0.1) is 5.92 Å². The van der Waals surface area contributed by atoms with E-state index in [0.717, 1.165) is 80.0 Å². The maximum Gasteiger partial charge on any atom is 0.411 e. The summed E-state index contributed by atoms with van der Waals surface area (Å²) in [7, 11) is 0. The number of nitrogen functional groups attached to an aromatic ring is 3. The molecule has 9 aromatic rings. The van der Waals surface area contributed by atoms with Crippen LogP contribution in [0.1, 0.15) is 169 Å². The second kappa shape index (κ2) is 39.5. The number of aryl methyl sites for hydroxylation is 3. The number of carbonyl (C=O) groups excluding carboxylic acids is 5. The number of Topliss-reactive ketones (excluding diaryl/α,β-unsaturated/α-hetero) is 1. The Morgan fingerprint density at radius 1 is 0.513 bits per heavy atom.